The van der Waals surface area contributed by atoms with Crippen LogP contribution in [0.4, 0.5) is 0 Å². The van der Waals surface area contributed by atoms with Crippen molar-refractivity contribution in [3.8, 4) is 0 Å². The van der Waals surface area contributed by atoms with Gasteiger partial charge >= 0.3 is 0 Å². The molecule has 3 heteroatoms. The summed E-state index contributed by atoms with van der Waals surface area (Å²) in [6, 6.07) is 0. The molecule has 0 fully saturated rings. The average Bonchev–Trinajstić information content (AvgIpc) is 2.33. The fourth-order valence-corrected chi connectivity index (χ4v) is 0.743. The second kappa shape index (κ2) is 4.66. The summed E-state index contributed by atoms with van der Waals surface area (Å²) in [4.78, 5) is 17.0. The van der Waals surface area contributed by atoms with E-state index in [0.29, 0.717) is 5.69 Å². The van der Waals surface area contributed by atoms with Crippen LogP contribution in [0, 0.1) is 13.8 Å². The normalized spacial score (nSPS) is 8.36. The highest BCUT2D eigenvalue weighted by Gasteiger charge is 1.99. The summed E-state index contributed by atoms with van der Waals surface area (Å²) < 4.78 is 0. The van der Waals surface area contributed by atoms with E-state index in [-0.39, 0.29) is 0 Å². The van der Waals surface area contributed by atoms with Crippen molar-refractivity contribution in [2.75, 3.05) is 0 Å². The first-order chi connectivity index (χ1) is 5.24. The van der Waals surface area contributed by atoms with Crippen LogP contribution in [-0.4, -0.2) is 16.3 Å². The van der Waals surface area contributed by atoms with E-state index in [4.69, 9.17) is 0 Å². The zero-order chi connectivity index (χ0) is 8.85. The zero-order valence-electron chi connectivity index (χ0n) is 7.43. The number of aldehydes is 1. The maximum absolute atomic E-state index is 10.2. The first-order valence-electron chi connectivity index (χ1n) is 3.72. The number of aromatic nitrogens is 2. The van der Waals surface area contributed by atoms with Gasteiger partial charge < -0.3 is 4.98 Å². The van der Waals surface area contributed by atoms with Crippen molar-refractivity contribution in [1.82, 2.24) is 9.97 Å². The highest BCUT2D eigenvalue weighted by atomic mass is 16.1. The van der Waals surface area contributed by atoms with Gasteiger partial charge in [0.15, 0.2) is 6.29 Å². The van der Waals surface area contributed by atoms with Gasteiger partial charge in [-0.05, 0) is 13.8 Å². The predicted octanol–water partition coefficient (Wildman–Crippen LogP) is 1.87. The average molecular weight is 154 g/mol. The van der Waals surface area contributed by atoms with Crippen LogP contribution in [0.15, 0.2) is 0 Å². The number of hydrogen-bond acceptors (Lipinski definition) is 2. The minimum Gasteiger partial charge on any atom is -0.346 e. The van der Waals surface area contributed by atoms with E-state index in [1.807, 2.05) is 27.7 Å². The molecule has 0 bridgehead atoms. The molecule has 0 radical (unpaired) electrons. The Labute approximate surface area is 66.9 Å². The molecule has 0 aliphatic heterocycles. The number of hydrogen-bond donors (Lipinski definition) is 1. The smallest absolute Gasteiger partial charge is 0.170 e. The van der Waals surface area contributed by atoms with Crippen molar-refractivity contribution in [2.45, 2.75) is 27.7 Å². The van der Waals surface area contributed by atoms with Crippen molar-refractivity contribution in [3.63, 3.8) is 0 Å². The summed E-state index contributed by atoms with van der Waals surface area (Å²) in [6.07, 6.45) is 0.749. The van der Waals surface area contributed by atoms with Crippen LogP contribution in [0.25, 0.3) is 0 Å². The number of rotatable bonds is 1. The highest BCUT2D eigenvalue weighted by molar-refractivity contribution is 5.73. The van der Waals surface area contributed by atoms with Gasteiger partial charge in [-0.1, -0.05) is 13.8 Å². The third-order valence-electron chi connectivity index (χ3n) is 1.15. The molecular weight excluding hydrogens is 140 g/mol. The Morgan fingerprint density at radius 2 is 1.91 bits per heavy atom. The molecular formula is C8H14N2O. The van der Waals surface area contributed by atoms with Gasteiger partial charge in [0.25, 0.3) is 0 Å². The maximum atomic E-state index is 10.2. The summed E-state index contributed by atoms with van der Waals surface area (Å²) in [6.45, 7) is 7.64. The Morgan fingerprint density at radius 1 is 1.36 bits per heavy atom. The molecule has 0 unspecified atom stereocenters. The maximum Gasteiger partial charge on any atom is 0.170 e. The van der Waals surface area contributed by atoms with Gasteiger partial charge in [-0.2, -0.15) is 0 Å². The van der Waals surface area contributed by atoms with Crippen LogP contribution in [0.1, 0.15) is 35.9 Å². The molecule has 0 aliphatic rings. The number of aryl methyl sites for hydroxylation is 2. The highest BCUT2D eigenvalue weighted by Crippen LogP contribution is 1.99. The van der Waals surface area contributed by atoms with E-state index >= 15 is 0 Å². The molecule has 1 heterocycles. The minimum absolute atomic E-state index is 0.507. The largest absolute Gasteiger partial charge is 0.346 e. The molecule has 1 N–H and O–H groups in total. The van der Waals surface area contributed by atoms with Gasteiger partial charge in [-0.15, -0.1) is 0 Å². The van der Waals surface area contributed by atoms with Crippen molar-refractivity contribution in [3.05, 3.63) is 17.2 Å². The van der Waals surface area contributed by atoms with Crippen LogP contribution >= 0.6 is 0 Å². The van der Waals surface area contributed by atoms with Gasteiger partial charge in [0.1, 0.15) is 11.5 Å². The Kier molecular flexibility index (Phi) is 4.18. The van der Waals surface area contributed by atoms with Crippen LogP contribution in [-0.2, 0) is 0 Å². The molecule has 1 rings (SSSR count). The Balaban J connectivity index is 0.000000461. The summed E-state index contributed by atoms with van der Waals surface area (Å²) in [7, 11) is 0. The minimum atomic E-state index is 0.507. The molecule has 0 aliphatic carbocycles. The Bertz CT molecular complexity index is 228. The van der Waals surface area contributed by atoms with Crippen molar-refractivity contribution in [1.29, 1.82) is 0 Å². The second-order valence-corrected chi connectivity index (χ2v) is 1.95. The molecule has 1 aromatic rings. The van der Waals surface area contributed by atoms with Crippen molar-refractivity contribution >= 4 is 6.29 Å². The third kappa shape index (κ3) is 2.53. The Morgan fingerprint density at radius 3 is 2.09 bits per heavy atom. The third-order valence-corrected chi connectivity index (χ3v) is 1.15. The van der Waals surface area contributed by atoms with E-state index in [9.17, 15) is 4.79 Å². The van der Waals surface area contributed by atoms with Crippen LogP contribution in [0.2, 0.25) is 0 Å². The van der Waals surface area contributed by atoms with Crippen molar-refractivity contribution < 1.29 is 4.79 Å². The topological polar surface area (TPSA) is 45.8 Å². The van der Waals surface area contributed by atoms with Crippen LogP contribution < -0.4 is 0 Å². The SMILES string of the molecule is CC.Cc1nc(C=O)c(C)[nH]1. The van der Waals surface area contributed by atoms with Gasteiger partial charge in [0.05, 0.1) is 0 Å². The van der Waals surface area contributed by atoms with Crippen molar-refractivity contribution in [2.24, 2.45) is 0 Å². The first kappa shape index (κ1) is 9.88. The molecule has 0 amide bonds. The van der Waals surface area contributed by atoms with Crippen LogP contribution in [0.5, 0.6) is 0 Å². The number of nitrogens with one attached hydrogen (secondary N) is 1. The molecule has 11 heavy (non-hydrogen) atoms. The number of nitrogens with zero attached hydrogens (tertiary/aromatic N) is 1. The molecule has 1 aromatic heterocycles. The number of carbonyl (C=O) groups is 1. The number of imidazole rings is 1. The van der Waals surface area contributed by atoms with Gasteiger partial charge in [-0.3, -0.25) is 4.79 Å². The lowest BCUT2D eigenvalue weighted by molar-refractivity contribution is 0.111. The predicted molar refractivity (Wildman–Crippen MR) is 44.8 cm³/mol. The monoisotopic (exact) mass is 154 g/mol. The quantitative estimate of drug-likeness (QED) is 0.627. The molecule has 62 valence electrons. The summed E-state index contributed by atoms with van der Waals surface area (Å²) in [5.41, 5.74) is 1.34. The lowest BCUT2D eigenvalue weighted by Crippen LogP contribution is -1.81. The van der Waals surface area contributed by atoms with E-state index in [1.54, 1.807) is 0 Å². The standard InChI is InChI=1S/C6H8N2O.C2H6/c1-4-6(3-9)8-5(2)7-4;1-2/h3H,1-2H3,(H,7,8);1-2H3. The molecule has 0 aromatic carbocycles. The fourth-order valence-electron chi connectivity index (χ4n) is 0.743. The van der Waals surface area contributed by atoms with Gasteiger partial charge in [0.2, 0.25) is 0 Å². The van der Waals surface area contributed by atoms with E-state index in [1.165, 1.54) is 0 Å². The van der Waals surface area contributed by atoms with Crippen LogP contribution in [0.3, 0.4) is 0 Å². The lowest BCUT2D eigenvalue weighted by atomic mass is 10.4. The van der Waals surface area contributed by atoms with Gasteiger partial charge in [0, 0.05) is 5.69 Å². The molecule has 0 saturated carbocycles. The van der Waals surface area contributed by atoms with E-state index in [0.717, 1.165) is 17.8 Å². The Hall–Kier alpha value is -1.12. The fraction of sp³-hybridized carbons (Fsp3) is 0.500. The molecule has 0 saturated heterocycles. The molecule has 0 atom stereocenters. The number of aromatic amines is 1. The zero-order valence-corrected chi connectivity index (χ0v) is 7.43. The van der Waals surface area contributed by atoms with Gasteiger partial charge in [-0.25, -0.2) is 4.98 Å². The summed E-state index contributed by atoms with van der Waals surface area (Å²) >= 11 is 0. The van der Waals surface area contributed by atoms with E-state index in [2.05, 4.69) is 9.97 Å². The summed E-state index contributed by atoms with van der Waals surface area (Å²) in [5, 5.41) is 0. The molecule has 3 nitrogen and oxygen atoms in total. The second-order valence-electron chi connectivity index (χ2n) is 1.95. The molecule has 0 spiro atoms. The number of carbonyl (C=O) groups excluding carboxylic acids is 1. The summed E-state index contributed by atoms with van der Waals surface area (Å²) in [5.74, 6) is 0.787. The lowest BCUT2D eigenvalue weighted by Gasteiger charge is -1.78. The van der Waals surface area contributed by atoms with E-state index < -0.39 is 0 Å². The number of H-pyrrole nitrogens is 1. The first-order valence-corrected chi connectivity index (χ1v) is 3.72.